The molecular weight excluding hydrogens is 370 g/mol. The predicted octanol–water partition coefficient (Wildman–Crippen LogP) is 3.45. The highest BCUT2D eigenvalue weighted by molar-refractivity contribution is 6.04. The number of allylic oxidation sites excluding steroid dienone is 2. The third kappa shape index (κ3) is 3.97. The number of rotatable bonds is 8. The third-order valence-corrected chi connectivity index (χ3v) is 5.26. The summed E-state index contributed by atoms with van der Waals surface area (Å²) in [5, 5.41) is 12.7. The molecule has 29 heavy (non-hydrogen) atoms. The van der Waals surface area contributed by atoms with Crippen molar-refractivity contribution in [3.8, 4) is 22.6 Å². The molecule has 0 saturated carbocycles. The first-order chi connectivity index (χ1) is 13.8. The fourth-order valence-electron chi connectivity index (χ4n) is 3.37. The van der Waals surface area contributed by atoms with Crippen molar-refractivity contribution in [2.45, 2.75) is 26.3 Å². The monoisotopic (exact) mass is 395 g/mol. The van der Waals surface area contributed by atoms with Crippen LogP contribution < -0.4 is 14.8 Å². The van der Waals surface area contributed by atoms with Crippen molar-refractivity contribution in [2.24, 2.45) is 5.41 Å². The lowest BCUT2D eigenvalue weighted by molar-refractivity contribution is -0.139. The van der Waals surface area contributed by atoms with Crippen LogP contribution in [-0.4, -0.2) is 37.1 Å². The molecule has 6 nitrogen and oxygen atoms in total. The van der Waals surface area contributed by atoms with Gasteiger partial charge in [-0.15, -0.1) is 0 Å². The highest BCUT2D eigenvalue weighted by atomic mass is 16.5. The maximum Gasteiger partial charge on any atom is 0.326 e. The van der Waals surface area contributed by atoms with E-state index in [2.05, 4.69) is 5.32 Å². The quantitative estimate of drug-likeness (QED) is 0.712. The lowest BCUT2D eigenvalue weighted by Gasteiger charge is -2.35. The number of hydrogen-bond acceptors (Lipinski definition) is 5. The van der Waals surface area contributed by atoms with E-state index in [4.69, 9.17) is 9.47 Å². The summed E-state index contributed by atoms with van der Waals surface area (Å²) < 4.78 is 11.2. The molecule has 2 aromatic rings. The molecule has 2 N–H and O–H groups in total. The topological polar surface area (TPSA) is 84.9 Å². The lowest BCUT2D eigenvalue weighted by atomic mass is 9.74. The van der Waals surface area contributed by atoms with Gasteiger partial charge in [-0.1, -0.05) is 30.3 Å². The molecule has 1 atom stereocenters. The predicted molar refractivity (Wildman–Crippen MR) is 110 cm³/mol. The molecular formula is C23H25NO5. The Morgan fingerprint density at radius 3 is 2.14 bits per heavy atom. The van der Waals surface area contributed by atoms with Crippen LogP contribution in [0.3, 0.4) is 0 Å². The standard InChI is InChI=1S/C23H25NO5/c1-23(2)19(13-20(23)25)24-16(22(26)27)10-14-11-17(28-3)21(18(12-14)29-4)15-8-6-5-7-9-15/h5-9,11-13,16,24H,10H2,1-4H3,(H,26,27)/t16-/m0/s1. The maximum atomic E-state index is 11.8. The van der Waals surface area contributed by atoms with E-state index in [9.17, 15) is 14.7 Å². The molecule has 0 spiro atoms. The Hall–Kier alpha value is -3.28. The molecule has 0 radical (unpaired) electrons. The molecule has 0 aliphatic heterocycles. The molecule has 1 aliphatic rings. The number of carboxylic acids is 1. The van der Waals surface area contributed by atoms with Gasteiger partial charge < -0.3 is 19.9 Å². The van der Waals surface area contributed by atoms with E-state index in [1.54, 1.807) is 28.1 Å². The van der Waals surface area contributed by atoms with Gasteiger partial charge in [0.1, 0.15) is 17.5 Å². The van der Waals surface area contributed by atoms with E-state index >= 15 is 0 Å². The second-order valence-electron chi connectivity index (χ2n) is 7.53. The fraction of sp³-hybridized carbons (Fsp3) is 0.304. The fourth-order valence-corrected chi connectivity index (χ4v) is 3.37. The Morgan fingerprint density at radius 1 is 1.10 bits per heavy atom. The molecule has 2 aromatic carbocycles. The van der Waals surface area contributed by atoms with Gasteiger partial charge in [0.05, 0.1) is 25.2 Å². The number of carbonyl (C=O) groups excluding carboxylic acids is 1. The van der Waals surface area contributed by atoms with Gasteiger partial charge in [-0.2, -0.15) is 0 Å². The number of nitrogens with one attached hydrogen (secondary N) is 1. The number of benzene rings is 2. The van der Waals surface area contributed by atoms with Gasteiger partial charge in [-0.05, 0) is 37.1 Å². The Kier molecular flexibility index (Phi) is 5.64. The van der Waals surface area contributed by atoms with E-state index in [1.165, 1.54) is 6.08 Å². The number of carbonyl (C=O) groups is 2. The molecule has 0 bridgehead atoms. The zero-order chi connectivity index (χ0) is 21.2. The number of methoxy groups -OCH3 is 2. The number of carboxylic acid groups (broad SMARTS) is 1. The van der Waals surface area contributed by atoms with Crippen molar-refractivity contribution in [1.29, 1.82) is 0 Å². The first-order valence-electron chi connectivity index (χ1n) is 9.34. The van der Waals surface area contributed by atoms with Gasteiger partial charge in [0.2, 0.25) is 0 Å². The van der Waals surface area contributed by atoms with Crippen molar-refractivity contribution < 1.29 is 24.2 Å². The molecule has 6 heteroatoms. The summed E-state index contributed by atoms with van der Waals surface area (Å²) in [5.41, 5.74) is 2.46. The average Bonchev–Trinajstić information content (AvgIpc) is 2.72. The van der Waals surface area contributed by atoms with Crippen LogP contribution in [0.15, 0.2) is 54.2 Å². The van der Waals surface area contributed by atoms with Crippen LogP contribution in [-0.2, 0) is 16.0 Å². The largest absolute Gasteiger partial charge is 0.496 e. The molecule has 0 amide bonds. The third-order valence-electron chi connectivity index (χ3n) is 5.26. The van der Waals surface area contributed by atoms with Crippen LogP contribution in [0.2, 0.25) is 0 Å². The zero-order valence-corrected chi connectivity index (χ0v) is 17.0. The average molecular weight is 395 g/mol. The van der Waals surface area contributed by atoms with Gasteiger partial charge >= 0.3 is 5.97 Å². The van der Waals surface area contributed by atoms with Crippen LogP contribution in [0.4, 0.5) is 0 Å². The van der Waals surface area contributed by atoms with Crippen molar-refractivity contribution in [2.75, 3.05) is 14.2 Å². The van der Waals surface area contributed by atoms with Crippen molar-refractivity contribution >= 4 is 11.8 Å². The second kappa shape index (κ2) is 7.99. The first kappa shape index (κ1) is 20.5. The number of ketones is 1. The number of ether oxygens (including phenoxy) is 2. The summed E-state index contributed by atoms with van der Waals surface area (Å²) in [6.45, 7) is 3.55. The highest BCUT2D eigenvalue weighted by Gasteiger charge is 2.40. The van der Waals surface area contributed by atoms with Gasteiger partial charge in [0, 0.05) is 18.2 Å². The molecule has 3 rings (SSSR count). The van der Waals surface area contributed by atoms with Gasteiger partial charge in [-0.3, -0.25) is 4.79 Å². The summed E-state index contributed by atoms with van der Waals surface area (Å²) in [5.74, 6) is 0.201. The Labute approximate surface area is 170 Å². The normalized spacial score (nSPS) is 15.7. The Bertz CT molecular complexity index is 937. The number of hydrogen-bond donors (Lipinski definition) is 2. The van der Waals surface area contributed by atoms with E-state index < -0.39 is 17.4 Å². The van der Waals surface area contributed by atoms with Crippen LogP contribution in [0.5, 0.6) is 11.5 Å². The molecule has 1 aliphatic carbocycles. The van der Waals surface area contributed by atoms with Crippen molar-refractivity contribution in [3.63, 3.8) is 0 Å². The van der Waals surface area contributed by atoms with Crippen LogP contribution in [0, 0.1) is 5.41 Å². The molecule has 0 fully saturated rings. The van der Waals surface area contributed by atoms with Crippen LogP contribution in [0.1, 0.15) is 19.4 Å². The molecule has 0 heterocycles. The summed E-state index contributed by atoms with van der Waals surface area (Å²) in [4.78, 5) is 23.5. The SMILES string of the molecule is COc1cc(C[C@H](NC2=CC(=O)C2(C)C)C(=O)O)cc(OC)c1-c1ccccc1. The van der Waals surface area contributed by atoms with Gasteiger partial charge in [0.15, 0.2) is 5.78 Å². The van der Waals surface area contributed by atoms with E-state index in [-0.39, 0.29) is 12.2 Å². The highest BCUT2D eigenvalue weighted by Crippen LogP contribution is 2.40. The Balaban J connectivity index is 1.93. The van der Waals surface area contributed by atoms with Gasteiger partial charge in [0.25, 0.3) is 0 Å². The molecule has 152 valence electrons. The van der Waals surface area contributed by atoms with Crippen LogP contribution >= 0.6 is 0 Å². The summed E-state index contributed by atoms with van der Waals surface area (Å²) in [7, 11) is 3.15. The molecule has 0 unspecified atom stereocenters. The summed E-state index contributed by atoms with van der Waals surface area (Å²) >= 11 is 0. The first-order valence-corrected chi connectivity index (χ1v) is 9.34. The minimum atomic E-state index is -0.994. The van der Waals surface area contributed by atoms with Crippen LogP contribution in [0.25, 0.3) is 11.1 Å². The maximum absolute atomic E-state index is 11.8. The van der Waals surface area contributed by atoms with Gasteiger partial charge in [-0.25, -0.2) is 4.79 Å². The Morgan fingerprint density at radius 2 is 1.69 bits per heavy atom. The molecule has 0 aromatic heterocycles. The smallest absolute Gasteiger partial charge is 0.326 e. The zero-order valence-electron chi connectivity index (χ0n) is 17.0. The minimum absolute atomic E-state index is 0.0142. The van der Waals surface area contributed by atoms with E-state index in [0.717, 1.165) is 16.7 Å². The number of aliphatic carboxylic acids is 1. The van der Waals surface area contributed by atoms with Crippen molar-refractivity contribution in [1.82, 2.24) is 5.32 Å². The summed E-state index contributed by atoms with van der Waals surface area (Å²) in [6, 6.07) is 12.5. The molecule has 0 saturated heterocycles. The lowest BCUT2D eigenvalue weighted by Crippen LogP contribution is -2.48. The minimum Gasteiger partial charge on any atom is -0.496 e. The second-order valence-corrected chi connectivity index (χ2v) is 7.53. The summed E-state index contributed by atoms with van der Waals surface area (Å²) in [6.07, 6.45) is 1.66. The van der Waals surface area contributed by atoms with E-state index in [0.29, 0.717) is 17.2 Å². The van der Waals surface area contributed by atoms with E-state index in [1.807, 2.05) is 42.5 Å². The van der Waals surface area contributed by atoms with Crippen molar-refractivity contribution in [3.05, 3.63) is 59.8 Å².